The maximum Gasteiger partial charge on any atom is 0.276 e. The van der Waals surface area contributed by atoms with Gasteiger partial charge in [-0.3, -0.25) is 25.8 Å². The molecule has 2 aromatic rings. The first kappa shape index (κ1) is 24.9. The minimum atomic E-state index is -0.498. The lowest BCUT2D eigenvalue weighted by Gasteiger charge is -2.13. The summed E-state index contributed by atoms with van der Waals surface area (Å²) in [7, 11) is 0. The molecule has 0 atom stereocenters. The maximum absolute atomic E-state index is 12.4. The molecule has 0 aliphatic heterocycles. The molecule has 0 heterocycles. The van der Waals surface area contributed by atoms with Crippen LogP contribution >= 0.6 is 39.7 Å². The quantitative estimate of drug-likeness (QED) is 0.351. The van der Waals surface area contributed by atoms with Gasteiger partial charge in [-0.2, -0.15) is 0 Å². The molecule has 0 aromatic heterocycles. The average molecular weight is 529 g/mol. The van der Waals surface area contributed by atoms with Crippen LogP contribution in [-0.4, -0.2) is 30.1 Å². The van der Waals surface area contributed by atoms with Gasteiger partial charge in [-0.25, -0.2) is 0 Å². The Hall–Kier alpha value is -2.36. The monoisotopic (exact) mass is 527 g/mol. The zero-order chi connectivity index (χ0) is 22.8. The van der Waals surface area contributed by atoms with Crippen LogP contribution in [0, 0.1) is 5.92 Å². The molecule has 3 N–H and O–H groups in total. The Labute approximate surface area is 199 Å². The highest BCUT2D eigenvalue weighted by molar-refractivity contribution is 9.10. The Morgan fingerprint density at radius 2 is 1.84 bits per heavy atom. The highest BCUT2D eigenvalue weighted by Gasteiger charge is 2.12. The molecule has 0 fully saturated rings. The number of para-hydroxylation sites is 1. The molecule has 166 valence electrons. The van der Waals surface area contributed by atoms with E-state index in [0.29, 0.717) is 39.1 Å². The molecule has 7 nitrogen and oxygen atoms in total. The summed E-state index contributed by atoms with van der Waals surface area (Å²) in [6, 6.07) is 11.8. The molecule has 0 bridgehead atoms. The maximum atomic E-state index is 12.4. The number of thiocarbonyl (C=S) groups is 1. The van der Waals surface area contributed by atoms with E-state index in [1.807, 2.05) is 0 Å². The molecule has 31 heavy (non-hydrogen) atoms. The van der Waals surface area contributed by atoms with Crippen molar-refractivity contribution in [2.24, 2.45) is 5.92 Å². The Balaban J connectivity index is 1.77. The molecule has 0 radical (unpaired) electrons. The van der Waals surface area contributed by atoms with E-state index in [1.165, 1.54) is 0 Å². The molecule has 2 aromatic carbocycles. The number of halogens is 2. The number of nitrogens with one attached hydrogen (secondary N) is 3. The van der Waals surface area contributed by atoms with Crippen LogP contribution in [0.4, 0.5) is 0 Å². The van der Waals surface area contributed by atoms with E-state index in [0.717, 1.165) is 6.42 Å². The number of benzene rings is 2. The SMILES string of the molecule is CC(C)CCOc1ccc(C(=O)NC(=S)NNC(=O)COc2ccccc2Cl)cc1Br. The lowest BCUT2D eigenvalue weighted by atomic mass is 10.1. The molecular formula is C21H23BrClN3O4S. The van der Waals surface area contributed by atoms with Gasteiger partial charge in [0.2, 0.25) is 0 Å². The van der Waals surface area contributed by atoms with Crippen LogP contribution in [0.5, 0.6) is 11.5 Å². The van der Waals surface area contributed by atoms with Crippen LogP contribution < -0.4 is 25.6 Å². The van der Waals surface area contributed by atoms with Crippen molar-refractivity contribution in [3.05, 3.63) is 57.5 Å². The van der Waals surface area contributed by atoms with Gasteiger partial charge in [0, 0.05) is 5.56 Å². The van der Waals surface area contributed by atoms with E-state index in [9.17, 15) is 9.59 Å². The van der Waals surface area contributed by atoms with Crippen molar-refractivity contribution in [1.29, 1.82) is 0 Å². The van der Waals surface area contributed by atoms with E-state index in [1.54, 1.807) is 42.5 Å². The molecule has 0 saturated carbocycles. The molecule has 0 saturated heterocycles. The molecular weight excluding hydrogens is 506 g/mol. The molecule has 2 amide bonds. The molecule has 10 heteroatoms. The van der Waals surface area contributed by atoms with Crippen molar-refractivity contribution >= 4 is 56.7 Å². The number of hydrogen-bond donors (Lipinski definition) is 3. The molecule has 0 spiro atoms. The van der Waals surface area contributed by atoms with Crippen LogP contribution in [0.1, 0.15) is 30.6 Å². The van der Waals surface area contributed by atoms with Gasteiger partial charge in [-0.15, -0.1) is 0 Å². The second-order valence-corrected chi connectivity index (χ2v) is 8.52. The highest BCUT2D eigenvalue weighted by Crippen LogP contribution is 2.26. The first-order valence-corrected chi connectivity index (χ1v) is 11.0. The van der Waals surface area contributed by atoms with Gasteiger partial charge in [-0.1, -0.05) is 37.6 Å². The van der Waals surface area contributed by atoms with Crippen LogP contribution in [-0.2, 0) is 4.79 Å². The van der Waals surface area contributed by atoms with Crippen molar-refractivity contribution in [3.63, 3.8) is 0 Å². The summed E-state index contributed by atoms with van der Waals surface area (Å²) < 4.78 is 11.7. The second-order valence-electron chi connectivity index (χ2n) is 6.85. The van der Waals surface area contributed by atoms with Gasteiger partial charge in [0.05, 0.1) is 16.1 Å². The molecule has 2 rings (SSSR count). The van der Waals surface area contributed by atoms with Gasteiger partial charge in [0.1, 0.15) is 11.5 Å². The minimum absolute atomic E-state index is 0.0653. The predicted octanol–water partition coefficient (Wildman–Crippen LogP) is 4.24. The third-order valence-electron chi connectivity index (χ3n) is 3.88. The van der Waals surface area contributed by atoms with Crippen molar-refractivity contribution in [1.82, 2.24) is 16.2 Å². The summed E-state index contributed by atoms with van der Waals surface area (Å²) in [5.41, 5.74) is 5.16. The molecule has 0 aliphatic rings. The lowest BCUT2D eigenvalue weighted by molar-refractivity contribution is -0.123. The fourth-order valence-electron chi connectivity index (χ4n) is 2.24. The topological polar surface area (TPSA) is 88.7 Å². The number of rotatable bonds is 8. The Kier molecular flexibility index (Phi) is 10.0. The van der Waals surface area contributed by atoms with Gasteiger partial charge in [0.15, 0.2) is 11.7 Å². The van der Waals surface area contributed by atoms with Gasteiger partial charge >= 0.3 is 0 Å². The van der Waals surface area contributed by atoms with Crippen molar-refractivity contribution in [3.8, 4) is 11.5 Å². The van der Waals surface area contributed by atoms with E-state index < -0.39 is 11.8 Å². The standard InChI is InChI=1S/C21H23BrClN3O4S/c1-13(2)9-10-29-17-8-7-14(11-15(17)22)20(28)24-21(31)26-25-19(27)12-30-18-6-4-3-5-16(18)23/h3-8,11,13H,9-10,12H2,1-2H3,(H,25,27)(H2,24,26,28,31). The predicted molar refractivity (Wildman–Crippen MR) is 127 cm³/mol. The van der Waals surface area contributed by atoms with Crippen LogP contribution in [0.25, 0.3) is 0 Å². The number of carbonyl (C=O) groups is 2. The lowest BCUT2D eigenvalue weighted by Crippen LogP contribution is -2.49. The molecule has 0 unspecified atom stereocenters. The number of hydrogen-bond acceptors (Lipinski definition) is 5. The van der Waals surface area contributed by atoms with Crippen molar-refractivity contribution in [2.75, 3.05) is 13.2 Å². The summed E-state index contributed by atoms with van der Waals surface area (Å²) >= 11 is 14.4. The summed E-state index contributed by atoms with van der Waals surface area (Å²) in [4.78, 5) is 24.2. The average Bonchev–Trinajstić information content (AvgIpc) is 2.72. The number of hydrazine groups is 1. The zero-order valence-corrected chi connectivity index (χ0v) is 20.2. The zero-order valence-electron chi connectivity index (χ0n) is 17.0. The fourth-order valence-corrected chi connectivity index (χ4v) is 3.07. The number of amides is 2. The third kappa shape index (κ3) is 8.72. The van der Waals surface area contributed by atoms with Crippen LogP contribution in [0.2, 0.25) is 5.02 Å². The Bertz CT molecular complexity index is 943. The number of carbonyl (C=O) groups excluding carboxylic acids is 2. The fraction of sp³-hybridized carbons (Fsp3) is 0.286. The largest absolute Gasteiger partial charge is 0.492 e. The second kappa shape index (κ2) is 12.5. The van der Waals surface area contributed by atoms with E-state index in [2.05, 4.69) is 45.9 Å². The van der Waals surface area contributed by atoms with Crippen molar-refractivity contribution < 1.29 is 19.1 Å². The van der Waals surface area contributed by atoms with Crippen LogP contribution in [0.15, 0.2) is 46.9 Å². The highest BCUT2D eigenvalue weighted by atomic mass is 79.9. The Morgan fingerprint density at radius 1 is 1.10 bits per heavy atom. The van der Waals surface area contributed by atoms with Gasteiger partial charge < -0.3 is 9.47 Å². The Morgan fingerprint density at radius 3 is 2.52 bits per heavy atom. The van der Waals surface area contributed by atoms with Crippen LogP contribution in [0.3, 0.4) is 0 Å². The third-order valence-corrected chi connectivity index (χ3v) is 5.02. The molecule has 0 aliphatic carbocycles. The first-order valence-electron chi connectivity index (χ1n) is 9.46. The van der Waals surface area contributed by atoms with Crippen molar-refractivity contribution in [2.45, 2.75) is 20.3 Å². The van der Waals surface area contributed by atoms with E-state index >= 15 is 0 Å². The number of ether oxygens (including phenoxy) is 2. The first-order chi connectivity index (χ1) is 14.8. The normalized spacial score (nSPS) is 10.4. The van der Waals surface area contributed by atoms with E-state index in [4.69, 9.17) is 33.3 Å². The summed E-state index contributed by atoms with van der Waals surface area (Å²) in [6.07, 6.45) is 0.934. The van der Waals surface area contributed by atoms with Gasteiger partial charge in [0.25, 0.3) is 11.8 Å². The smallest absolute Gasteiger partial charge is 0.276 e. The minimum Gasteiger partial charge on any atom is -0.492 e. The summed E-state index contributed by atoms with van der Waals surface area (Å²) in [6.45, 7) is 4.56. The van der Waals surface area contributed by atoms with E-state index in [-0.39, 0.29) is 11.7 Å². The summed E-state index contributed by atoms with van der Waals surface area (Å²) in [5, 5.41) is 2.81. The van der Waals surface area contributed by atoms with Gasteiger partial charge in [-0.05, 0) is 70.8 Å². The summed E-state index contributed by atoms with van der Waals surface area (Å²) in [5.74, 6) is 0.650.